The van der Waals surface area contributed by atoms with Crippen LogP contribution in [0, 0.1) is 23.2 Å². The van der Waals surface area contributed by atoms with Gasteiger partial charge in [-0.25, -0.2) is 4.79 Å². The maximum Gasteiger partial charge on any atom is 0.337 e. The van der Waals surface area contributed by atoms with E-state index in [-0.39, 0.29) is 5.56 Å². The Morgan fingerprint density at radius 3 is 2.31 bits per heavy atom. The summed E-state index contributed by atoms with van der Waals surface area (Å²) in [6.45, 7) is 0. The summed E-state index contributed by atoms with van der Waals surface area (Å²) in [7, 11) is 1.25. The van der Waals surface area contributed by atoms with E-state index in [1.165, 1.54) is 31.4 Å². The highest BCUT2D eigenvalue weighted by atomic mass is 16.5. The predicted octanol–water partition coefficient (Wildman–Crippen LogP) is 0.773. The van der Waals surface area contributed by atoms with Crippen LogP contribution >= 0.6 is 0 Å². The Morgan fingerprint density at radius 2 is 1.79 bits per heavy atom. The summed E-state index contributed by atoms with van der Waals surface area (Å²) in [6.07, 6.45) is 0. The second kappa shape index (κ2) is 7.73. The Kier molecular flexibility index (Phi) is 5.35. The molecule has 0 aliphatic carbocycles. The monoisotopic (exact) mass is 393 g/mol. The maximum absolute atomic E-state index is 12.7. The molecule has 3 rings (SSSR count). The second-order valence-corrected chi connectivity index (χ2v) is 6.75. The molecule has 8 nitrogen and oxygen atoms in total. The van der Waals surface area contributed by atoms with Crippen LogP contribution in [0.2, 0.25) is 0 Å². The van der Waals surface area contributed by atoms with Crippen molar-refractivity contribution in [2.75, 3.05) is 7.11 Å². The van der Waals surface area contributed by atoms with Gasteiger partial charge in [-0.05, 0) is 17.7 Å². The van der Waals surface area contributed by atoms with Crippen LogP contribution in [-0.2, 0) is 20.1 Å². The number of nitrogens with two attached hydrogens (primary N) is 1. The van der Waals surface area contributed by atoms with Crippen molar-refractivity contribution in [1.29, 1.82) is 5.26 Å². The van der Waals surface area contributed by atoms with Crippen molar-refractivity contribution in [3.05, 3.63) is 71.3 Å². The van der Waals surface area contributed by atoms with Gasteiger partial charge in [0.15, 0.2) is 5.72 Å². The van der Waals surface area contributed by atoms with Crippen LogP contribution < -0.4 is 11.1 Å². The molecule has 1 aliphatic heterocycles. The second-order valence-electron chi connectivity index (χ2n) is 6.75. The van der Waals surface area contributed by atoms with Crippen LogP contribution in [0.25, 0.3) is 0 Å². The number of piperidine rings is 1. The fourth-order valence-corrected chi connectivity index (χ4v) is 3.73. The Bertz CT molecular complexity index is 984. The van der Waals surface area contributed by atoms with Crippen molar-refractivity contribution >= 4 is 17.8 Å². The van der Waals surface area contributed by atoms with Gasteiger partial charge in [-0.3, -0.25) is 9.59 Å². The number of esters is 1. The van der Waals surface area contributed by atoms with Gasteiger partial charge in [0.05, 0.1) is 18.7 Å². The fourth-order valence-electron chi connectivity index (χ4n) is 3.73. The number of benzene rings is 2. The number of methoxy groups -OCH3 is 1. The lowest BCUT2D eigenvalue weighted by molar-refractivity contribution is -0.153. The topological polar surface area (TPSA) is 143 Å². The first-order valence-electron chi connectivity index (χ1n) is 8.80. The first-order valence-corrected chi connectivity index (χ1v) is 8.80. The molecule has 1 aliphatic rings. The molecule has 0 unspecified atom stereocenters. The number of hydrogen-bond donors (Lipinski definition) is 3. The largest absolute Gasteiger partial charge is 0.465 e. The van der Waals surface area contributed by atoms with Crippen LogP contribution in [0.1, 0.15) is 27.4 Å². The lowest BCUT2D eigenvalue weighted by Gasteiger charge is -2.44. The Morgan fingerprint density at radius 1 is 1.17 bits per heavy atom. The van der Waals surface area contributed by atoms with E-state index < -0.39 is 41.3 Å². The molecule has 0 radical (unpaired) electrons. The van der Waals surface area contributed by atoms with Gasteiger partial charge >= 0.3 is 5.97 Å². The minimum atomic E-state index is -2.02. The van der Waals surface area contributed by atoms with Crippen LogP contribution in [0.4, 0.5) is 0 Å². The van der Waals surface area contributed by atoms with E-state index in [0.29, 0.717) is 11.1 Å². The van der Waals surface area contributed by atoms with E-state index in [2.05, 4.69) is 10.1 Å². The van der Waals surface area contributed by atoms with Crippen LogP contribution in [-0.4, -0.2) is 30.0 Å². The van der Waals surface area contributed by atoms with Crippen LogP contribution in [0.15, 0.2) is 54.6 Å². The molecule has 8 heteroatoms. The molecule has 1 fully saturated rings. The maximum atomic E-state index is 12.7. The zero-order chi connectivity index (χ0) is 21.2. The number of carbonyl (C=O) groups is 3. The molecule has 2 aromatic carbocycles. The number of aliphatic hydroxyl groups is 1. The molecular formula is C21H19N3O5. The van der Waals surface area contributed by atoms with Gasteiger partial charge < -0.3 is 20.9 Å². The smallest absolute Gasteiger partial charge is 0.337 e. The molecule has 0 bridgehead atoms. The van der Waals surface area contributed by atoms with Crippen molar-refractivity contribution in [2.24, 2.45) is 17.6 Å². The molecule has 4 N–H and O–H groups in total. The van der Waals surface area contributed by atoms with E-state index in [4.69, 9.17) is 5.73 Å². The zero-order valence-corrected chi connectivity index (χ0v) is 15.5. The molecule has 148 valence electrons. The van der Waals surface area contributed by atoms with Gasteiger partial charge in [0.1, 0.15) is 11.8 Å². The highest BCUT2D eigenvalue weighted by Crippen LogP contribution is 2.45. The Balaban J connectivity index is 2.14. The third-order valence-corrected chi connectivity index (χ3v) is 5.14. The molecule has 4 atom stereocenters. The van der Waals surface area contributed by atoms with Gasteiger partial charge in [0.25, 0.3) is 0 Å². The van der Waals surface area contributed by atoms with E-state index in [9.17, 15) is 24.8 Å². The summed E-state index contributed by atoms with van der Waals surface area (Å²) >= 11 is 0. The summed E-state index contributed by atoms with van der Waals surface area (Å²) in [5.41, 5.74) is 4.42. The number of nitrogens with zero attached hydrogens (tertiary/aromatic N) is 1. The molecular weight excluding hydrogens is 374 g/mol. The molecule has 0 spiro atoms. The summed E-state index contributed by atoms with van der Waals surface area (Å²) < 4.78 is 4.66. The average molecular weight is 393 g/mol. The van der Waals surface area contributed by atoms with E-state index >= 15 is 0 Å². The number of nitrogens with one attached hydrogen (secondary N) is 1. The number of carbonyl (C=O) groups excluding carboxylic acids is 3. The number of amides is 2. The Labute approximate surface area is 166 Å². The minimum Gasteiger partial charge on any atom is -0.465 e. The van der Waals surface area contributed by atoms with Crippen molar-refractivity contribution in [3.63, 3.8) is 0 Å². The van der Waals surface area contributed by atoms with Gasteiger partial charge in [0.2, 0.25) is 11.8 Å². The van der Waals surface area contributed by atoms with E-state index in [0.717, 1.165) is 0 Å². The highest BCUT2D eigenvalue weighted by molar-refractivity contribution is 6.02. The van der Waals surface area contributed by atoms with Gasteiger partial charge in [-0.2, -0.15) is 5.26 Å². The molecule has 1 heterocycles. The van der Waals surface area contributed by atoms with E-state index in [1.54, 1.807) is 30.3 Å². The lowest BCUT2D eigenvalue weighted by Crippen LogP contribution is -2.62. The summed E-state index contributed by atoms with van der Waals surface area (Å²) in [5, 5.41) is 23.6. The first kappa shape index (κ1) is 20.0. The quantitative estimate of drug-likeness (QED) is 0.517. The van der Waals surface area contributed by atoms with E-state index in [1.807, 2.05) is 6.07 Å². The lowest BCUT2D eigenvalue weighted by atomic mass is 9.67. The molecule has 2 aromatic rings. The van der Waals surface area contributed by atoms with Crippen molar-refractivity contribution in [2.45, 2.75) is 11.6 Å². The highest BCUT2D eigenvalue weighted by Gasteiger charge is 2.55. The SMILES string of the molecule is COC(=O)c1ccc([C@@H]2[C@@H](C(N)=O)C(=O)N[C@@](O)(c3ccccc3)[C@@H]2C#N)cc1. The summed E-state index contributed by atoms with van der Waals surface area (Å²) in [6, 6.07) is 16.2. The van der Waals surface area contributed by atoms with Crippen LogP contribution in [0.5, 0.6) is 0 Å². The molecule has 0 aromatic heterocycles. The number of rotatable bonds is 4. The van der Waals surface area contributed by atoms with Gasteiger partial charge in [-0.1, -0.05) is 42.5 Å². The molecule has 2 amide bonds. The van der Waals surface area contributed by atoms with Crippen molar-refractivity contribution in [3.8, 4) is 6.07 Å². The Hall–Kier alpha value is -3.70. The normalized spacial score (nSPS) is 26.1. The minimum absolute atomic E-state index is 0.263. The van der Waals surface area contributed by atoms with Crippen LogP contribution in [0.3, 0.4) is 0 Å². The fraction of sp³-hybridized carbons (Fsp3) is 0.238. The van der Waals surface area contributed by atoms with Gasteiger partial charge in [-0.15, -0.1) is 0 Å². The molecule has 29 heavy (non-hydrogen) atoms. The third-order valence-electron chi connectivity index (χ3n) is 5.14. The van der Waals surface area contributed by atoms with Gasteiger partial charge in [0, 0.05) is 11.5 Å². The first-order chi connectivity index (χ1) is 13.8. The number of hydrogen-bond acceptors (Lipinski definition) is 6. The van der Waals surface area contributed by atoms with Crippen molar-refractivity contribution < 1.29 is 24.2 Å². The zero-order valence-electron chi connectivity index (χ0n) is 15.5. The molecule has 1 saturated heterocycles. The standard InChI is InChI=1S/C21H19N3O5/c1-29-20(27)13-9-7-12(8-10-13)16-15(11-22)21(28,14-5-3-2-4-6-14)24-19(26)17(16)18(23)25/h2-10,15-17,28H,1H3,(H2,23,25)(H,24,26)/t15-,16+,17+,21-/m1/s1. The molecule has 0 saturated carbocycles. The van der Waals surface area contributed by atoms with Crippen molar-refractivity contribution in [1.82, 2.24) is 5.32 Å². The third kappa shape index (κ3) is 3.44. The summed E-state index contributed by atoms with van der Waals surface area (Å²) in [4.78, 5) is 36.5. The summed E-state index contributed by atoms with van der Waals surface area (Å²) in [5.74, 6) is -5.86. The number of nitriles is 1. The predicted molar refractivity (Wildman–Crippen MR) is 101 cm³/mol. The number of ether oxygens (including phenoxy) is 1. The number of primary amides is 1. The average Bonchev–Trinajstić information content (AvgIpc) is 2.73.